The Morgan fingerprint density at radius 2 is 2.00 bits per heavy atom. The number of H-pyrrole nitrogens is 1. The summed E-state index contributed by atoms with van der Waals surface area (Å²) < 4.78 is 26.5. The van der Waals surface area contributed by atoms with Gasteiger partial charge in [0.15, 0.2) is 5.82 Å². The minimum absolute atomic E-state index is 0.00318. The standard InChI is InChI=1S/C12H11N5O3S/c1-8(18)15-10-2-4-11(5-3-10)21(19,20)17-12-9(6-13)7-14-16-12/h2-5,7H,1H3,(H,15,18)(H2,14,16,17). The molecule has 0 unspecified atom stereocenters. The van der Waals surface area contributed by atoms with Gasteiger partial charge in [-0.1, -0.05) is 0 Å². The lowest BCUT2D eigenvalue weighted by molar-refractivity contribution is -0.114. The number of hydrogen-bond acceptors (Lipinski definition) is 5. The third-order valence-electron chi connectivity index (χ3n) is 2.48. The Balaban J connectivity index is 2.24. The Kier molecular flexibility index (Phi) is 3.91. The van der Waals surface area contributed by atoms with E-state index in [1.807, 2.05) is 6.07 Å². The van der Waals surface area contributed by atoms with Gasteiger partial charge in [0.05, 0.1) is 11.1 Å². The van der Waals surface area contributed by atoms with Crippen LogP contribution in [0, 0.1) is 11.3 Å². The molecule has 108 valence electrons. The third kappa shape index (κ3) is 3.37. The first-order chi connectivity index (χ1) is 9.92. The molecule has 0 saturated heterocycles. The SMILES string of the molecule is CC(=O)Nc1ccc(S(=O)(=O)Nc2[nH]ncc2C#N)cc1. The number of benzene rings is 1. The van der Waals surface area contributed by atoms with Crippen LogP contribution in [0.3, 0.4) is 0 Å². The van der Waals surface area contributed by atoms with Crippen molar-refractivity contribution in [3.8, 4) is 6.07 Å². The van der Waals surface area contributed by atoms with Gasteiger partial charge in [-0.3, -0.25) is 14.6 Å². The van der Waals surface area contributed by atoms with E-state index in [0.717, 1.165) is 0 Å². The highest BCUT2D eigenvalue weighted by Crippen LogP contribution is 2.18. The topological polar surface area (TPSA) is 128 Å². The van der Waals surface area contributed by atoms with Crippen molar-refractivity contribution in [2.24, 2.45) is 0 Å². The van der Waals surface area contributed by atoms with E-state index >= 15 is 0 Å². The lowest BCUT2D eigenvalue weighted by atomic mass is 10.3. The molecule has 1 amide bonds. The van der Waals surface area contributed by atoms with Gasteiger partial charge in [-0.25, -0.2) is 8.42 Å². The Morgan fingerprint density at radius 1 is 1.33 bits per heavy atom. The van der Waals surface area contributed by atoms with Crippen molar-refractivity contribution in [1.82, 2.24) is 10.2 Å². The number of aromatic nitrogens is 2. The summed E-state index contributed by atoms with van der Waals surface area (Å²) in [6, 6.07) is 7.43. The minimum atomic E-state index is -3.85. The van der Waals surface area contributed by atoms with Gasteiger partial charge in [-0.05, 0) is 24.3 Å². The Labute approximate surface area is 120 Å². The lowest BCUT2D eigenvalue weighted by Gasteiger charge is -2.07. The average Bonchev–Trinajstić information content (AvgIpc) is 2.85. The fourth-order valence-corrected chi connectivity index (χ4v) is 2.60. The first-order valence-corrected chi connectivity index (χ1v) is 7.24. The van der Waals surface area contributed by atoms with Crippen molar-refractivity contribution in [3.63, 3.8) is 0 Å². The van der Waals surface area contributed by atoms with Crippen LogP contribution in [0.2, 0.25) is 0 Å². The number of carbonyl (C=O) groups is 1. The molecule has 0 aliphatic heterocycles. The predicted molar refractivity (Wildman–Crippen MR) is 74.9 cm³/mol. The number of anilines is 2. The second kappa shape index (κ2) is 5.64. The molecule has 0 spiro atoms. The van der Waals surface area contributed by atoms with Gasteiger partial charge in [0.1, 0.15) is 11.6 Å². The van der Waals surface area contributed by atoms with Crippen LogP contribution in [-0.4, -0.2) is 24.5 Å². The van der Waals surface area contributed by atoms with E-state index in [1.165, 1.54) is 37.4 Å². The van der Waals surface area contributed by atoms with E-state index in [4.69, 9.17) is 5.26 Å². The predicted octanol–water partition coefficient (Wildman–Crippen LogP) is 1.04. The lowest BCUT2D eigenvalue weighted by Crippen LogP contribution is -2.14. The van der Waals surface area contributed by atoms with Crippen molar-refractivity contribution in [2.75, 3.05) is 10.0 Å². The van der Waals surface area contributed by atoms with Crippen LogP contribution in [0.5, 0.6) is 0 Å². The molecule has 1 aromatic carbocycles. The molecule has 2 aromatic rings. The molecule has 0 saturated carbocycles. The molecular formula is C12H11N5O3S. The molecule has 0 bridgehead atoms. The Hall–Kier alpha value is -2.86. The fraction of sp³-hybridized carbons (Fsp3) is 0.0833. The maximum atomic E-state index is 12.1. The van der Waals surface area contributed by atoms with Gasteiger partial charge in [-0.2, -0.15) is 10.4 Å². The highest BCUT2D eigenvalue weighted by molar-refractivity contribution is 7.92. The number of nitriles is 1. The Bertz CT molecular complexity index is 802. The van der Waals surface area contributed by atoms with Gasteiger partial charge in [0, 0.05) is 12.6 Å². The van der Waals surface area contributed by atoms with Crippen LogP contribution < -0.4 is 10.0 Å². The summed E-state index contributed by atoms with van der Waals surface area (Å²) in [5.74, 6) is -0.247. The van der Waals surface area contributed by atoms with Crippen LogP contribution in [0.1, 0.15) is 12.5 Å². The van der Waals surface area contributed by atoms with Crippen LogP contribution in [0.4, 0.5) is 11.5 Å². The van der Waals surface area contributed by atoms with E-state index in [-0.39, 0.29) is 22.2 Å². The van der Waals surface area contributed by atoms with Crippen LogP contribution in [0.25, 0.3) is 0 Å². The van der Waals surface area contributed by atoms with E-state index < -0.39 is 10.0 Å². The van der Waals surface area contributed by atoms with Gasteiger partial charge in [-0.15, -0.1) is 0 Å². The Morgan fingerprint density at radius 3 is 2.57 bits per heavy atom. The molecule has 3 N–H and O–H groups in total. The number of rotatable bonds is 4. The van der Waals surface area contributed by atoms with Crippen molar-refractivity contribution < 1.29 is 13.2 Å². The van der Waals surface area contributed by atoms with Gasteiger partial charge in [0.25, 0.3) is 10.0 Å². The van der Waals surface area contributed by atoms with Crippen LogP contribution >= 0.6 is 0 Å². The third-order valence-corrected chi connectivity index (χ3v) is 3.85. The summed E-state index contributed by atoms with van der Waals surface area (Å²) in [7, 11) is -3.85. The summed E-state index contributed by atoms with van der Waals surface area (Å²) in [5.41, 5.74) is 0.578. The van der Waals surface area contributed by atoms with E-state index in [0.29, 0.717) is 5.69 Å². The van der Waals surface area contributed by atoms with Gasteiger partial charge in [0.2, 0.25) is 5.91 Å². The molecule has 8 nitrogen and oxygen atoms in total. The molecular weight excluding hydrogens is 294 g/mol. The summed E-state index contributed by atoms with van der Waals surface area (Å²) in [5, 5.41) is 17.3. The zero-order valence-corrected chi connectivity index (χ0v) is 11.7. The van der Waals surface area contributed by atoms with Crippen molar-refractivity contribution in [1.29, 1.82) is 5.26 Å². The molecule has 9 heteroatoms. The normalized spacial score (nSPS) is 10.7. The first-order valence-electron chi connectivity index (χ1n) is 5.76. The van der Waals surface area contributed by atoms with Crippen molar-refractivity contribution in [3.05, 3.63) is 36.0 Å². The number of amides is 1. The summed E-state index contributed by atoms with van der Waals surface area (Å²) >= 11 is 0. The average molecular weight is 305 g/mol. The number of carbonyl (C=O) groups excluding carboxylic acids is 1. The highest BCUT2D eigenvalue weighted by Gasteiger charge is 2.17. The second-order valence-electron chi connectivity index (χ2n) is 4.08. The summed E-state index contributed by atoms with van der Waals surface area (Å²) in [4.78, 5) is 10.9. The van der Waals surface area contributed by atoms with Crippen LogP contribution in [-0.2, 0) is 14.8 Å². The number of hydrogen-bond donors (Lipinski definition) is 3. The number of nitrogens with one attached hydrogen (secondary N) is 3. The molecule has 21 heavy (non-hydrogen) atoms. The van der Waals surface area contributed by atoms with Crippen molar-refractivity contribution in [2.45, 2.75) is 11.8 Å². The van der Waals surface area contributed by atoms with E-state index in [2.05, 4.69) is 20.2 Å². The monoisotopic (exact) mass is 305 g/mol. The molecule has 1 heterocycles. The molecule has 2 rings (SSSR count). The zero-order chi connectivity index (χ0) is 15.5. The largest absolute Gasteiger partial charge is 0.326 e. The maximum absolute atomic E-state index is 12.1. The smallest absolute Gasteiger partial charge is 0.263 e. The minimum Gasteiger partial charge on any atom is -0.326 e. The second-order valence-corrected chi connectivity index (χ2v) is 5.76. The van der Waals surface area contributed by atoms with E-state index in [9.17, 15) is 13.2 Å². The molecule has 0 aliphatic carbocycles. The molecule has 0 atom stereocenters. The number of nitrogens with zero attached hydrogens (tertiary/aromatic N) is 2. The number of aromatic amines is 1. The quantitative estimate of drug-likeness (QED) is 0.777. The molecule has 0 radical (unpaired) electrons. The first kappa shape index (κ1) is 14.5. The zero-order valence-electron chi connectivity index (χ0n) is 10.9. The van der Waals surface area contributed by atoms with Gasteiger partial charge < -0.3 is 5.32 Å². The highest BCUT2D eigenvalue weighted by atomic mass is 32.2. The van der Waals surface area contributed by atoms with Gasteiger partial charge >= 0.3 is 0 Å². The fourth-order valence-electron chi connectivity index (χ4n) is 1.56. The number of sulfonamides is 1. The maximum Gasteiger partial charge on any atom is 0.263 e. The van der Waals surface area contributed by atoms with Crippen LogP contribution in [0.15, 0.2) is 35.4 Å². The molecule has 0 fully saturated rings. The molecule has 0 aliphatic rings. The summed E-state index contributed by atoms with van der Waals surface area (Å²) in [6.07, 6.45) is 1.22. The summed E-state index contributed by atoms with van der Waals surface area (Å²) in [6.45, 7) is 1.36. The van der Waals surface area contributed by atoms with E-state index in [1.54, 1.807) is 0 Å². The molecule has 1 aromatic heterocycles. The van der Waals surface area contributed by atoms with Crippen molar-refractivity contribution >= 4 is 27.4 Å².